The van der Waals surface area contributed by atoms with Gasteiger partial charge >= 0.3 is 0 Å². The zero-order chi connectivity index (χ0) is 17.8. The molecule has 1 aromatic carbocycles. The smallest absolute Gasteiger partial charge is 0.145 e. The van der Waals surface area contributed by atoms with Gasteiger partial charge in [-0.15, -0.1) is 0 Å². The number of hydrogen-bond donors (Lipinski definition) is 2. The number of benzene rings is 1. The molecule has 6 nitrogen and oxygen atoms in total. The zero-order valence-corrected chi connectivity index (χ0v) is 14.7. The Morgan fingerprint density at radius 2 is 1.81 bits per heavy atom. The molecule has 3 aromatic rings. The van der Waals surface area contributed by atoms with E-state index in [9.17, 15) is 5.11 Å². The first-order chi connectivity index (χ1) is 12.8. The van der Waals surface area contributed by atoms with E-state index in [4.69, 9.17) is 0 Å². The number of anilines is 2. The summed E-state index contributed by atoms with van der Waals surface area (Å²) in [4.78, 5) is 15.9. The lowest BCUT2D eigenvalue weighted by Gasteiger charge is -2.32. The summed E-state index contributed by atoms with van der Waals surface area (Å²) in [6.07, 6.45) is 5.73. The van der Waals surface area contributed by atoms with Gasteiger partial charge in [-0.3, -0.25) is 4.98 Å². The van der Waals surface area contributed by atoms with E-state index in [1.54, 1.807) is 6.20 Å². The normalized spacial score (nSPS) is 15.3. The zero-order valence-electron chi connectivity index (χ0n) is 14.7. The Kier molecular flexibility index (Phi) is 4.93. The third kappa shape index (κ3) is 3.75. The quantitative estimate of drug-likeness (QED) is 0.738. The minimum Gasteiger partial charge on any atom is -0.396 e. The van der Waals surface area contributed by atoms with Gasteiger partial charge in [0.2, 0.25) is 0 Å². The molecular formula is C20H23N5O. The fraction of sp³-hybridized carbons (Fsp3) is 0.350. The second-order valence-corrected chi connectivity index (χ2v) is 6.74. The van der Waals surface area contributed by atoms with Gasteiger partial charge < -0.3 is 15.3 Å². The SMILES string of the molecule is OCC1CCN(c2ccc(CNc3cnc4ccccc4n3)cn2)CC1. The number of fused-ring (bicyclic) bond motifs is 1. The van der Waals surface area contributed by atoms with Crippen LogP contribution in [0, 0.1) is 5.92 Å². The Bertz CT molecular complexity index is 859. The molecule has 0 aliphatic carbocycles. The molecule has 2 N–H and O–H groups in total. The van der Waals surface area contributed by atoms with E-state index in [1.165, 1.54) is 0 Å². The van der Waals surface area contributed by atoms with Crippen molar-refractivity contribution in [1.82, 2.24) is 15.0 Å². The molecule has 1 aliphatic rings. The Balaban J connectivity index is 1.36. The van der Waals surface area contributed by atoms with Gasteiger partial charge in [0.25, 0.3) is 0 Å². The van der Waals surface area contributed by atoms with Gasteiger partial charge in [-0.05, 0) is 42.5 Å². The van der Waals surface area contributed by atoms with E-state index in [0.717, 1.165) is 54.2 Å². The van der Waals surface area contributed by atoms with Crippen LogP contribution >= 0.6 is 0 Å². The highest BCUT2D eigenvalue weighted by molar-refractivity contribution is 5.75. The van der Waals surface area contributed by atoms with Crippen LogP contribution in [-0.4, -0.2) is 39.8 Å². The molecule has 1 aliphatic heterocycles. The largest absolute Gasteiger partial charge is 0.396 e. The monoisotopic (exact) mass is 349 g/mol. The molecule has 0 saturated carbocycles. The molecule has 26 heavy (non-hydrogen) atoms. The first-order valence-electron chi connectivity index (χ1n) is 9.08. The van der Waals surface area contributed by atoms with Crippen LogP contribution in [0.1, 0.15) is 18.4 Å². The van der Waals surface area contributed by atoms with Gasteiger partial charge in [0.15, 0.2) is 0 Å². The van der Waals surface area contributed by atoms with Crippen molar-refractivity contribution in [2.45, 2.75) is 19.4 Å². The van der Waals surface area contributed by atoms with E-state index in [-0.39, 0.29) is 0 Å². The van der Waals surface area contributed by atoms with Crippen molar-refractivity contribution in [2.24, 2.45) is 5.92 Å². The van der Waals surface area contributed by atoms with Crippen LogP contribution in [0.2, 0.25) is 0 Å². The van der Waals surface area contributed by atoms with E-state index in [1.807, 2.05) is 30.5 Å². The number of piperidine rings is 1. The number of rotatable bonds is 5. The molecule has 134 valence electrons. The molecule has 0 spiro atoms. The van der Waals surface area contributed by atoms with Crippen molar-refractivity contribution in [2.75, 3.05) is 29.9 Å². The summed E-state index contributed by atoms with van der Waals surface area (Å²) in [5.74, 6) is 2.22. The summed E-state index contributed by atoms with van der Waals surface area (Å²) < 4.78 is 0. The summed E-state index contributed by atoms with van der Waals surface area (Å²) in [6, 6.07) is 12.0. The van der Waals surface area contributed by atoms with Gasteiger partial charge in [0.1, 0.15) is 11.6 Å². The fourth-order valence-corrected chi connectivity index (χ4v) is 3.29. The highest BCUT2D eigenvalue weighted by Crippen LogP contribution is 2.21. The molecular weight excluding hydrogens is 326 g/mol. The van der Waals surface area contributed by atoms with Crippen molar-refractivity contribution in [1.29, 1.82) is 0 Å². The molecule has 4 rings (SSSR count). The highest BCUT2D eigenvalue weighted by Gasteiger charge is 2.19. The Labute approximate surface area is 152 Å². The van der Waals surface area contributed by atoms with Gasteiger partial charge in [-0.1, -0.05) is 18.2 Å². The van der Waals surface area contributed by atoms with Gasteiger partial charge in [0, 0.05) is 32.4 Å². The van der Waals surface area contributed by atoms with Crippen LogP contribution in [0.4, 0.5) is 11.6 Å². The summed E-state index contributed by atoms with van der Waals surface area (Å²) in [6.45, 7) is 2.88. The number of aromatic nitrogens is 3. The van der Waals surface area contributed by atoms with Gasteiger partial charge in [0.05, 0.1) is 17.2 Å². The van der Waals surface area contributed by atoms with Crippen LogP contribution < -0.4 is 10.2 Å². The topological polar surface area (TPSA) is 74.2 Å². The van der Waals surface area contributed by atoms with Crippen molar-refractivity contribution in [3.05, 3.63) is 54.4 Å². The van der Waals surface area contributed by atoms with Crippen LogP contribution in [-0.2, 0) is 6.54 Å². The number of aliphatic hydroxyl groups excluding tert-OH is 1. The Morgan fingerprint density at radius 1 is 1.00 bits per heavy atom. The number of pyridine rings is 1. The van der Waals surface area contributed by atoms with Crippen LogP contribution in [0.3, 0.4) is 0 Å². The molecule has 0 unspecified atom stereocenters. The van der Waals surface area contributed by atoms with Crippen molar-refractivity contribution >= 4 is 22.7 Å². The van der Waals surface area contributed by atoms with E-state index in [0.29, 0.717) is 19.1 Å². The maximum absolute atomic E-state index is 9.25. The number of nitrogens with zero attached hydrogens (tertiary/aromatic N) is 4. The fourth-order valence-electron chi connectivity index (χ4n) is 3.29. The van der Waals surface area contributed by atoms with Gasteiger partial charge in [-0.25, -0.2) is 9.97 Å². The predicted molar refractivity (Wildman–Crippen MR) is 103 cm³/mol. The molecule has 2 aromatic heterocycles. The first kappa shape index (κ1) is 16.7. The minimum atomic E-state index is 0.295. The van der Waals surface area contributed by atoms with Crippen molar-refractivity contribution in [3.63, 3.8) is 0 Å². The number of aliphatic hydroxyl groups is 1. The second-order valence-electron chi connectivity index (χ2n) is 6.74. The molecule has 6 heteroatoms. The number of hydrogen-bond acceptors (Lipinski definition) is 6. The molecule has 0 radical (unpaired) electrons. The van der Waals surface area contributed by atoms with Gasteiger partial charge in [-0.2, -0.15) is 0 Å². The summed E-state index contributed by atoms with van der Waals surface area (Å²) >= 11 is 0. The maximum atomic E-state index is 9.25. The van der Waals surface area contributed by atoms with Crippen molar-refractivity contribution < 1.29 is 5.11 Å². The van der Waals surface area contributed by atoms with Crippen LogP contribution in [0.5, 0.6) is 0 Å². The molecule has 0 bridgehead atoms. The average molecular weight is 349 g/mol. The average Bonchev–Trinajstić information content (AvgIpc) is 2.72. The van der Waals surface area contributed by atoms with Crippen LogP contribution in [0.15, 0.2) is 48.8 Å². The van der Waals surface area contributed by atoms with Crippen LogP contribution in [0.25, 0.3) is 11.0 Å². The maximum Gasteiger partial charge on any atom is 0.145 e. The highest BCUT2D eigenvalue weighted by atomic mass is 16.3. The Hall–Kier alpha value is -2.73. The number of nitrogens with one attached hydrogen (secondary N) is 1. The summed E-state index contributed by atoms with van der Waals surface area (Å²) in [5.41, 5.74) is 2.89. The predicted octanol–water partition coefficient (Wildman–Crippen LogP) is 2.85. The molecule has 0 amide bonds. The van der Waals surface area contributed by atoms with E-state index in [2.05, 4.69) is 37.3 Å². The lowest BCUT2D eigenvalue weighted by molar-refractivity contribution is 0.203. The molecule has 1 fully saturated rings. The van der Waals surface area contributed by atoms with E-state index >= 15 is 0 Å². The lowest BCUT2D eigenvalue weighted by atomic mass is 9.98. The molecule has 1 saturated heterocycles. The first-order valence-corrected chi connectivity index (χ1v) is 9.08. The number of para-hydroxylation sites is 2. The lowest BCUT2D eigenvalue weighted by Crippen LogP contribution is -2.35. The van der Waals surface area contributed by atoms with E-state index < -0.39 is 0 Å². The summed E-state index contributed by atoms with van der Waals surface area (Å²) in [5, 5.41) is 12.6. The third-order valence-electron chi connectivity index (χ3n) is 4.93. The standard InChI is InChI=1S/C20H23N5O/c26-14-15-7-9-25(10-8-15)20-6-5-16(12-23-20)11-22-19-13-21-17-3-1-2-4-18(17)24-19/h1-6,12-13,15,26H,7-11,14H2,(H,22,24). The molecule has 3 heterocycles. The molecule has 0 atom stereocenters. The minimum absolute atomic E-state index is 0.295. The second kappa shape index (κ2) is 7.66. The Morgan fingerprint density at radius 3 is 2.54 bits per heavy atom. The van der Waals surface area contributed by atoms with Crippen molar-refractivity contribution in [3.8, 4) is 0 Å². The third-order valence-corrected chi connectivity index (χ3v) is 4.93. The summed E-state index contributed by atoms with van der Waals surface area (Å²) in [7, 11) is 0.